The molecule has 2 rings (SSSR count). The molecule has 0 spiro atoms. The normalized spacial score (nSPS) is 14.4. The Morgan fingerprint density at radius 3 is 2.65 bits per heavy atom. The van der Waals surface area contributed by atoms with E-state index >= 15 is 0 Å². The number of ether oxygens (including phenoxy) is 1. The molecule has 1 aromatic rings. The monoisotopic (exact) mass is 315 g/mol. The van der Waals surface area contributed by atoms with Crippen LogP contribution in [0, 0.1) is 17.3 Å². The third-order valence-corrected chi connectivity index (χ3v) is 3.97. The molecule has 1 aromatic carbocycles. The Morgan fingerprint density at radius 1 is 1.35 bits per heavy atom. The van der Waals surface area contributed by atoms with Crippen LogP contribution >= 0.6 is 0 Å². The van der Waals surface area contributed by atoms with Crippen LogP contribution in [-0.2, 0) is 9.53 Å². The predicted octanol–water partition coefficient (Wildman–Crippen LogP) is 0.851. The lowest BCUT2D eigenvalue weighted by Gasteiger charge is -2.15. The summed E-state index contributed by atoms with van der Waals surface area (Å²) in [6, 6.07) is 4.91. The Morgan fingerprint density at radius 2 is 2.09 bits per heavy atom. The summed E-state index contributed by atoms with van der Waals surface area (Å²) < 4.78 is 4.73. The molecule has 5 N–H and O–H groups in total. The molecule has 1 amide bonds. The molecule has 0 aliphatic heterocycles. The van der Waals surface area contributed by atoms with Crippen molar-refractivity contribution in [3.63, 3.8) is 0 Å². The Kier molecular flexibility index (Phi) is 5.37. The number of carbonyl (C=O) groups is 2. The highest BCUT2D eigenvalue weighted by Gasteiger charge is 2.48. The Bertz CT molecular complexity index is 669. The topological polar surface area (TPSA) is 107 Å². The zero-order valence-corrected chi connectivity index (χ0v) is 13.1. The second-order valence-corrected chi connectivity index (χ2v) is 5.53. The third-order valence-electron chi connectivity index (χ3n) is 3.97. The third kappa shape index (κ3) is 3.89. The molecule has 1 saturated carbocycles. The highest BCUT2D eigenvalue weighted by atomic mass is 16.5. The summed E-state index contributed by atoms with van der Waals surface area (Å²) in [5.41, 5.74) is 12.0. The number of nitrogens with two attached hydrogens (primary N) is 2. The average Bonchev–Trinajstić information content (AvgIpc) is 3.33. The molecule has 6 nitrogen and oxygen atoms in total. The number of anilines is 1. The van der Waals surface area contributed by atoms with Gasteiger partial charge in [-0.1, -0.05) is 11.8 Å². The van der Waals surface area contributed by atoms with Crippen molar-refractivity contribution in [1.82, 2.24) is 0 Å². The van der Waals surface area contributed by atoms with Crippen molar-refractivity contribution >= 4 is 17.6 Å². The number of methoxy groups -OCH3 is 1. The molecule has 1 aliphatic carbocycles. The van der Waals surface area contributed by atoms with Crippen molar-refractivity contribution in [2.45, 2.75) is 19.3 Å². The van der Waals surface area contributed by atoms with E-state index in [0.717, 1.165) is 12.8 Å². The molecule has 0 bridgehead atoms. The van der Waals surface area contributed by atoms with Gasteiger partial charge in [-0.05, 0) is 44.0 Å². The summed E-state index contributed by atoms with van der Waals surface area (Å²) >= 11 is 0. The molecule has 23 heavy (non-hydrogen) atoms. The van der Waals surface area contributed by atoms with E-state index in [0.29, 0.717) is 29.8 Å². The standard InChI is InChI=1S/C17H21N3O3/c1-23-15(21)14-5-4-13(11-12(14)3-2-9-18)20-16(22)17(6-7-17)8-10-19/h4-5,11H,6-10,18-19H2,1H3,(H,20,22). The van der Waals surface area contributed by atoms with Gasteiger partial charge in [0.25, 0.3) is 0 Å². The Balaban J connectivity index is 2.23. The van der Waals surface area contributed by atoms with Gasteiger partial charge in [0.2, 0.25) is 5.91 Å². The lowest BCUT2D eigenvalue weighted by molar-refractivity contribution is -0.121. The Hall–Kier alpha value is -2.36. The van der Waals surface area contributed by atoms with Crippen LogP contribution in [0.3, 0.4) is 0 Å². The van der Waals surface area contributed by atoms with Gasteiger partial charge in [-0.3, -0.25) is 4.79 Å². The zero-order chi connectivity index (χ0) is 16.9. The fourth-order valence-electron chi connectivity index (χ4n) is 2.44. The smallest absolute Gasteiger partial charge is 0.339 e. The summed E-state index contributed by atoms with van der Waals surface area (Å²) in [5.74, 6) is 5.03. The van der Waals surface area contributed by atoms with Crippen molar-refractivity contribution in [3.8, 4) is 11.8 Å². The van der Waals surface area contributed by atoms with E-state index < -0.39 is 5.97 Å². The van der Waals surface area contributed by atoms with E-state index in [1.165, 1.54) is 7.11 Å². The van der Waals surface area contributed by atoms with Gasteiger partial charge in [-0.25, -0.2) is 4.79 Å². The lowest BCUT2D eigenvalue weighted by Crippen LogP contribution is -2.26. The van der Waals surface area contributed by atoms with Crippen LogP contribution in [0.4, 0.5) is 5.69 Å². The first-order valence-corrected chi connectivity index (χ1v) is 7.49. The zero-order valence-electron chi connectivity index (χ0n) is 13.1. The fraction of sp³-hybridized carbons (Fsp3) is 0.412. The van der Waals surface area contributed by atoms with Gasteiger partial charge in [0, 0.05) is 11.3 Å². The second-order valence-electron chi connectivity index (χ2n) is 5.53. The molecule has 0 atom stereocenters. The fourth-order valence-corrected chi connectivity index (χ4v) is 2.44. The number of esters is 1. The molecule has 1 aliphatic rings. The van der Waals surface area contributed by atoms with Crippen LogP contribution in [0.1, 0.15) is 35.2 Å². The van der Waals surface area contributed by atoms with Gasteiger partial charge >= 0.3 is 5.97 Å². The van der Waals surface area contributed by atoms with Gasteiger partial charge in [0.1, 0.15) is 0 Å². The van der Waals surface area contributed by atoms with Gasteiger partial charge < -0.3 is 21.5 Å². The molecule has 0 saturated heterocycles. The van der Waals surface area contributed by atoms with Crippen LogP contribution < -0.4 is 16.8 Å². The summed E-state index contributed by atoms with van der Waals surface area (Å²) in [6.45, 7) is 0.665. The molecular weight excluding hydrogens is 294 g/mol. The highest BCUT2D eigenvalue weighted by Crippen LogP contribution is 2.49. The second kappa shape index (κ2) is 7.27. The molecule has 0 radical (unpaired) electrons. The van der Waals surface area contributed by atoms with E-state index in [-0.39, 0.29) is 17.9 Å². The van der Waals surface area contributed by atoms with Crippen LogP contribution in [0.5, 0.6) is 0 Å². The van der Waals surface area contributed by atoms with E-state index in [4.69, 9.17) is 16.2 Å². The number of hydrogen-bond acceptors (Lipinski definition) is 5. The summed E-state index contributed by atoms with van der Waals surface area (Å²) in [4.78, 5) is 24.1. The number of benzene rings is 1. The molecular formula is C17H21N3O3. The number of amides is 1. The van der Waals surface area contributed by atoms with Gasteiger partial charge in [-0.15, -0.1) is 0 Å². The summed E-state index contributed by atoms with van der Waals surface area (Å²) in [7, 11) is 1.31. The van der Waals surface area contributed by atoms with E-state index in [1.807, 2.05) is 0 Å². The molecule has 0 aromatic heterocycles. The average molecular weight is 315 g/mol. The van der Waals surface area contributed by atoms with Crippen molar-refractivity contribution in [1.29, 1.82) is 0 Å². The SMILES string of the molecule is COC(=O)c1ccc(NC(=O)C2(CCN)CC2)cc1C#CCN. The first-order valence-electron chi connectivity index (χ1n) is 7.49. The molecule has 6 heteroatoms. The van der Waals surface area contributed by atoms with E-state index in [1.54, 1.807) is 18.2 Å². The first-order chi connectivity index (χ1) is 11.1. The van der Waals surface area contributed by atoms with E-state index in [2.05, 4.69) is 17.2 Å². The molecule has 0 heterocycles. The quantitative estimate of drug-likeness (QED) is 0.551. The van der Waals surface area contributed by atoms with Crippen LogP contribution in [0.25, 0.3) is 0 Å². The molecule has 1 fully saturated rings. The number of nitrogens with one attached hydrogen (secondary N) is 1. The largest absolute Gasteiger partial charge is 0.465 e. The Labute approximate surface area is 135 Å². The van der Waals surface area contributed by atoms with E-state index in [9.17, 15) is 9.59 Å². The number of rotatable bonds is 5. The van der Waals surface area contributed by atoms with Crippen molar-refractivity contribution in [3.05, 3.63) is 29.3 Å². The molecule has 0 unspecified atom stereocenters. The lowest BCUT2D eigenvalue weighted by atomic mass is 10.0. The van der Waals surface area contributed by atoms with Crippen molar-refractivity contribution in [2.24, 2.45) is 16.9 Å². The maximum Gasteiger partial charge on any atom is 0.339 e. The number of carbonyl (C=O) groups excluding carboxylic acids is 2. The van der Waals surface area contributed by atoms with Crippen molar-refractivity contribution < 1.29 is 14.3 Å². The maximum absolute atomic E-state index is 12.4. The van der Waals surface area contributed by atoms with Crippen LogP contribution in [-0.4, -0.2) is 32.1 Å². The highest BCUT2D eigenvalue weighted by molar-refractivity contribution is 5.98. The van der Waals surface area contributed by atoms with Gasteiger partial charge in [0.05, 0.1) is 24.6 Å². The minimum Gasteiger partial charge on any atom is -0.465 e. The minimum absolute atomic E-state index is 0.0356. The summed E-state index contributed by atoms with van der Waals surface area (Å²) in [6.07, 6.45) is 2.39. The van der Waals surface area contributed by atoms with Gasteiger partial charge in [0.15, 0.2) is 0 Å². The maximum atomic E-state index is 12.4. The predicted molar refractivity (Wildman–Crippen MR) is 87.7 cm³/mol. The van der Waals surface area contributed by atoms with Crippen LogP contribution in [0.15, 0.2) is 18.2 Å². The molecule has 122 valence electrons. The summed E-state index contributed by atoms with van der Waals surface area (Å²) in [5, 5.41) is 2.88. The number of hydrogen-bond donors (Lipinski definition) is 3. The van der Waals surface area contributed by atoms with Crippen molar-refractivity contribution in [2.75, 3.05) is 25.5 Å². The van der Waals surface area contributed by atoms with Gasteiger partial charge in [-0.2, -0.15) is 0 Å². The van der Waals surface area contributed by atoms with Crippen LogP contribution in [0.2, 0.25) is 0 Å². The first kappa shape index (κ1) is 17.0. The minimum atomic E-state index is -0.481.